The lowest BCUT2D eigenvalue weighted by Crippen LogP contribution is -2.41. The number of nitrogens with zero attached hydrogens (tertiary/aromatic N) is 2. The van der Waals surface area contributed by atoms with Gasteiger partial charge in [0.25, 0.3) is 5.91 Å². The maximum absolute atomic E-state index is 12.4. The summed E-state index contributed by atoms with van der Waals surface area (Å²) in [5, 5.41) is 4.03. The van der Waals surface area contributed by atoms with E-state index in [0.29, 0.717) is 21.8 Å². The van der Waals surface area contributed by atoms with Crippen LogP contribution in [-0.2, 0) is 7.05 Å². The highest BCUT2D eigenvalue weighted by Crippen LogP contribution is 2.27. The zero-order valence-electron chi connectivity index (χ0n) is 11.2. The highest BCUT2D eigenvalue weighted by molar-refractivity contribution is 6.41. The minimum atomic E-state index is 0.0132. The number of carbonyl (C=O) groups excluding carboxylic acids is 1. The number of likely N-dealkylation sites (tertiary alicyclic amines) is 1. The van der Waals surface area contributed by atoms with E-state index in [1.165, 1.54) is 0 Å². The minimum Gasteiger partial charge on any atom is -0.337 e. The standard InChI is InChI=1S/C13H19Cl2N3O/c1-16-8-9-3-5-18(6-4-9)13(19)11-7-10(14)12(15)17(11)2/h7,9,16H,3-6,8H2,1-2H3. The van der Waals surface area contributed by atoms with Crippen LogP contribution in [0.3, 0.4) is 0 Å². The molecule has 106 valence electrons. The van der Waals surface area contributed by atoms with Crippen molar-refractivity contribution in [3.63, 3.8) is 0 Å². The molecule has 0 aromatic carbocycles. The van der Waals surface area contributed by atoms with Crippen molar-refractivity contribution in [2.24, 2.45) is 13.0 Å². The molecule has 1 aliphatic heterocycles. The molecule has 1 aliphatic rings. The molecule has 1 N–H and O–H groups in total. The van der Waals surface area contributed by atoms with Gasteiger partial charge in [0.05, 0.1) is 5.02 Å². The van der Waals surface area contributed by atoms with Gasteiger partial charge in [-0.2, -0.15) is 0 Å². The van der Waals surface area contributed by atoms with Crippen molar-refractivity contribution in [3.05, 3.63) is 21.9 Å². The van der Waals surface area contributed by atoms with Crippen molar-refractivity contribution in [2.75, 3.05) is 26.7 Å². The summed E-state index contributed by atoms with van der Waals surface area (Å²) >= 11 is 11.9. The zero-order chi connectivity index (χ0) is 14.0. The van der Waals surface area contributed by atoms with Gasteiger partial charge in [-0.1, -0.05) is 23.2 Å². The first-order valence-corrected chi connectivity index (χ1v) is 7.24. The third kappa shape index (κ3) is 3.07. The predicted octanol–water partition coefficient (Wildman–Crippen LogP) is 2.40. The molecule has 0 spiro atoms. The van der Waals surface area contributed by atoms with Crippen LogP contribution >= 0.6 is 23.2 Å². The topological polar surface area (TPSA) is 37.3 Å². The second-order valence-corrected chi connectivity index (χ2v) is 5.79. The normalized spacial score (nSPS) is 16.9. The average molecular weight is 304 g/mol. The molecule has 19 heavy (non-hydrogen) atoms. The fourth-order valence-electron chi connectivity index (χ4n) is 2.54. The Morgan fingerprint density at radius 2 is 2.05 bits per heavy atom. The molecule has 0 unspecified atom stereocenters. The van der Waals surface area contributed by atoms with E-state index < -0.39 is 0 Å². The third-order valence-electron chi connectivity index (χ3n) is 3.73. The molecule has 1 fully saturated rings. The Labute approximate surface area is 123 Å². The van der Waals surface area contributed by atoms with Crippen molar-refractivity contribution >= 4 is 29.1 Å². The lowest BCUT2D eigenvalue weighted by molar-refractivity contribution is 0.0681. The van der Waals surface area contributed by atoms with Crippen LogP contribution in [0.4, 0.5) is 0 Å². The lowest BCUT2D eigenvalue weighted by Gasteiger charge is -2.32. The molecule has 0 radical (unpaired) electrons. The van der Waals surface area contributed by atoms with E-state index in [2.05, 4.69) is 5.32 Å². The molecule has 0 aliphatic carbocycles. The molecule has 0 saturated carbocycles. The van der Waals surface area contributed by atoms with Crippen molar-refractivity contribution in [1.29, 1.82) is 0 Å². The van der Waals surface area contributed by atoms with Crippen LogP contribution < -0.4 is 5.32 Å². The van der Waals surface area contributed by atoms with Gasteiger partial charge in [-0.25, -0.2) is 0 Å². The van der Waals surface area contributed by atoms with E-state index >= 15 is 0 Å². The maximum Gasteiger partial charge on any atom is 0.270 e. The van der Waals surface area contributed by atoms with E-state index in [4.69, 9.17) is 23.2 Å². The Bertz CT molecular complexity index is 465. The van der Waals surface area contributed by atoms with Gasteiger partial charge in [-0.15, -0.1) is 0 Å². The first kappa shape index (κ1) is 14.7. The molecular formula is C13H19Cl2N3O. The summed E-state index contributed by atoms with van der Waals surface area (Å²) < 4.78 is 1.64. The number of aromatic nitrogens is 1. The summed E-state index contributed by atoms with van der Waals surface area (Å²) in [6, 6.07) is 1.64. The number of nitrogens with one attached hydrogen (secondary N) is 1. The summed E-state index contributed by atoms with van der Waals surface area (Å²) in [4.78, 5) is 14.3. The molecule has 1 amide bonds. The average Bonchev–Trinajstić information content (AvgIpc) is 2.67. The highest BCUT2D eigenvalue weighted by atomic mass is 35.5. The van der Waals surface area contributed by atoms with Crippen LogP contribution in [0.2, 0.25) is 10.2 Å². The van der Waals surface area contributed by atoms with Gasteiger partial charge in [0.2, 0.25) is 0 Å². The van der Waals surface area contributed by atoms with Crippen LogP contribution in [0.25, 0.3) is 0 Å². The fraction of sp³-hybridized carbons (Fsp3) is 0.615. The Hall–Kier alpha value is -0.710. The van der Waals surface area contributed by atoms with Gasteiger partial charge >= 0.3 is 0 Å². The number of hydrogen-bond acceptors (Lipinski definition) is 2. The molecule has 1 aromatic heterocycles. The lowest BCUT2D eigenvalue weighted by atomic mass is 9.96. The van der Waals surface area contributed by atoms with Crippen LogP contribution in [-0.4, -0.2) is 42.1 Å². The van der Waals surface area contributed by atoms with Gasteiger partial charge in [0.1, 0.15) is 10.8 Å². The summed E-state index contributed by atoms with van der Waals surface area (Å²) in [7, 11) is 3.72. The Balaban J connectivity index is 2.03. The largest absolute Gasteiger partial charge is 0.337 e. The van der Waals surface area contributed by atoms with E-state index in [-0.39, 0.29) is 5.91 Å². The number of carbonyl (C=O) groups is 1. The Kier molecular flexibility index (Phi) is 4.76. The second kappa shape index (κ2) is 6.16. The monoisotopic (exact) mass is 303 g/mol. The van der Waals surface area contributed by atoms with Crippen molar-refractivity contribution in [1.82, 2.24) is 14.8 Å². The Morgan fingerprint density at radius 1 is 1.42 bits per heavy atom. The number of amides is 1. The smallest absolute Gasteiger partial charge is 0.270 e. The molecule has 0 bridgehead atoms. The Morgan fingerprint density at radius 3 is 2.53 bits per heavy atom. The first-order valence-electron chi connectivity index (χ1n) is 6.49. The van der Waals surface area contributed by atoms with Crippen molar-refractivity contribution in [2.45, 2.75) is 12.8 Å². The van der Waals surface area contributed by atoms with E-state index in [1.807, 2.05) is 11.9 Å². The summed E-state index contributed by atoms with van der Waals surface area (Å²) in [5.41, 5.74) is 0.557. The molecule has 6 heteroatoms. The van der Waals surface area contributed by atoms with Crippen molar-refractivity contribution < 1.29 is 4.79 Å². The van der Waals surface area contributed by atoms with Gasteiger partial charge < -0.3 is 14.8 Å². The third-order valence-corrected chi connectivity index (χ3v) is 4.57. The quantitative estimate of drug-likeness (QED) is 0.931. The molecule has 1 aromatic rings. The van der Waals surface area contributed by atoms with Gasteiger partial charge in [0, 0.05) is 20.1 Å². The number of rotatable bonds is 3. The molecule has 0 atom stereocenters. The van der Waals surface area contributed by atoms with Crippen molar-refractivity contribution in [3.8, 4) is 0 Å². The van der Waals surface area contributed by atoms with Gasteiger partial charge in [-0.05, 0) is 38.4 Å². The summed E-state index contributed by atoms with van der Waals surface area (Å²) in [6.45, 7) is 2.61. The number of piperidine rings is 1. The maximum atomic E-state index is 12.4. The summed E-state index contributed by atoms with van der Waals surface area (Å²) in [6.07, 6.45) is 2.08. The van der Waals surface area contributed by atoms with E-state index in [9.17, 15) is 4.79 Å². The predicted molar refractivity (Wildman–Crippen MR) is 78.0 cm³/mol. The molecule has 2 heterocycles. The highest BCUT2D eigenvalue weighted by Gasteiger charge is 2.25. The molecule has 2 rings (SSSR count). The van der Waals surface area contributed by atoms with E-state index in [0.717, 1.165) is 32.5 Å². The van der Waals surface area contributed by atoms with Crippen LogP contribution in [0, 0.1) is 5.92 Å². The van der Waals surface area contributed by atoms with Crippen LogP contribution in [0.1, 0.15) is 23.3 Å². The second-order valence-electron chi connectivity index (χ2n) is 5.02. The zero-order valence-corrected chi connectivity index (χ0v) is 12.8. The number of hydrogen-bond donors (Lipinski definition) is 1. The SMILES string of the molecule is CNCC1CCN(C(=O)c2cc(Cl)c(Cl)n2C)CC1. The molecule has 1 saturated heterocycles. The van der Waals surface area contributed by atoms with E-state index in [1.54, 1.807) is 17.7 Å². The van der Waals surface area contributed by atoms with Crippen LogP contribution in [0.5, 0.6) is 0 Å². The fourth-order valence-corrected chi connectivity index (χ4v) is 2.91. The minimum absolute atomic E-state index is 0.0132. The van der Waals surface area contributed by atoms with Gasteiger partial charge in [0.15, 0.2) is 0 Å². The molecule has 4 nitrogen and oxygen atoms in total. The molecular weight excluding hydrogens is 285 g/mol. The van der Waals surface area contributed by atoms with Crippen LogP contribution in [0.15, 0.2) is 6.07 Å². The first-order chi connectivity index (χ1) is 9.04. The number of halogens is 2. The summed E-state index contributed by atoms with van der Waals surface area (Å²) in [5.74, 6) is 0.675. The van der Waals surface area contributed by atoms with Gasteiger partial charge in [-0.3, -0.25) is 4.79 Å².